The molecule has 2 heterocycles. The van der Waals surface area contributed by atoms with E-state index in [4.69, 9.17) is 11.5 Å². The Morgan fingerprint density at radius 1 is 1.13 bits per heavy atom. The summed E-state index contributed by atoms with van der Waals surface area (Å²) >= 11 is 1.45. The van der Waals surface area contributed by atoms with Crippen molar-refractivity contribution < 1.29 is 9.59 Å². The number of amides is 1. The molecule has 0 saturated carbocycles. The Morgan fingerprint density at radius 3 is 2.29 bits per heavy atom. The van der Waals surface area contributed by atoms with Crippen LogP contribution in [0, 0.1) is 0 Å². The molecule has 3 aromatic rings. The number of anilines is 1. The fraction of sp³-hybridized carbons (Fsp3) is 0.391. The monoisotopic (exact) mass is 439 g/mol. The Hall–Kier alpha value is -3.00. The van der Waals surface area contributed by atoms with E-state index in [1.165, 1.54) is 16.4 Å². The van der Waals surface area contributed by atoms with E-state index in [1.807, 2.05) is 44.2 Å². The minimum absolute atomic E-state index is 0.00624. The summed E-state index contributed by atoms with van der Waals surface area (Å²) in [6.45, 7) is 10.3. The van der Waals surface area contributed by atoms with Gasteiger partial charge in [0.15, 0.2) is 0 Å². The number of primary amides is 1. The maximum absolute atomic E-state index is 12.5. The van der Waals surface area contributed by atoms with Crippen LogP contribution in [-0.4, -0.2) is 25.8 Å². The molecule has 0 aliphatic carbocycles. The zero-order valence-corrected chi connectivity index (χ0v) is 19.4. The van der Waals surface area contributed by atoms with Crippen LogP contribution in [-0.2, 0) is 23.1 Å². The van der Waals surface area contributed by atoms with E-state index >= 15 is 0 Å². The Bertz CT molecular complexity index is 1100. The fourth-order valence-electron chi connectivity index (χ4n) is 3.31. The highest BCUT2D eigenvalue weighted by molar-refractivity contribution is 7.06. The molecule has 1 aromatic carbocycles. The summed E-state index contributed by atoms with van der Waals surface area (Å²) in [6.07, 6.45) is 0.628. The van der Waals surface area contributed by atoms with E-state index < -0.39 is 5.91 Å². The maximum atomic E-state index is 12.5. The van der Waals surface area contributed by atoms with Gasteiger partial charge in [0.1, 0.15) is 22.9 Å². The van der Waals surface area contributed by atoms with E-state index in [0.717, 1.165) is 16.8 Å². The van der Waals surface area contributed by atoms with E-state index in [0.29, 0.717) is 18.5 Å². The molecule has 0 bridgehead atoms. The Balaban J connectivity index is 1.75. The minimum atomic E-state index is -0.614. The lowest BCUT2D eigenvalue weighted by molar-refractivity contribution is -0.117. The number of hydrogen-bond donors (Lipinski definition) is 2. The van der Waals surface area contributed by atoms with Crippen LogP contribution in [0.25, 0.3) is 11.3 Å². The highest BCUT2D eigenvalue weighted by Gasteiger charge is 2.23. The molecule has 0 unspecified atom stereocenters. The average Bonchev–Trinajstić information content (AvgIpc) is 3.26. The third-order valence-electron chi connectivity index (χ3n) is 4.99. The van der Waals surface area contributed by atoms with Gasteiger partial charge in [-0.25, -0.2) is 4.68 Å². The van der Waals surface area contributed by atoms with Crippen molar-refractivity contribution in [2.24, 2.45) is 5.73 Å². The molecule has 2 aromatic heterocycles. The molecule has 1 amide bonds. The number of benzene rings is 1. The van der Waals surface area contributed by atoms with Gasteiger partial charge in [-0.3, -0.25) is 9.59 Å². The lowest BCUT2D eigenvalue weighted by Crippen LogP contribution is -2.15. The number of rotatable bonds is 7. The zero-order chi connectivity index (χ0) is 22.9. The zero-order valence-electron chi connectivity index (χ0n) is 18.6. The van der Waals surface area contributed by atoms with E-state index in [9.17, 15) is 9.59 Å². The van der Waals surface area contributed by atoms with Gasteiger partial charge in [-0.05, 0) is 42.4 Å². The second-order valence-corrected chi connectivity index (χ2v) is 9.84. The number of nitrogen functional groups attached to an aromatic ring is 1. The molecule has 3 rings (SSSR count). The minimum Gasteiger partial charge on any atom is -0.383 e. The molecule has 0 saturated heterocycles. The summed E-state index contributed by atoms with van der Waals surface area (Å²) < 4.78 is 6.01. The lowest BCUT2D eigenvalue weighted by Gasteiger charge is -2.14. The molecule has 0 spiro atoms. The molecule has 7 nitrogen and oxygen atoms in total. The molecule has 0 aliphatic rings. The molecule has 31 heavy (non-hydrogen) atoms. The molecule has 8 heteroatoms. The lowest BCUT2D eigenvalue weighted by atomic mass is 9.94. The van der Waals surface area contributed by atoms with Gasteiger partial charge < -0.3 is 11.5 Å². The van der Waals surface area contributed by atoms with E-state index in [-0.39, 0.29) is 28.6 Å². The van der Waals surface area contributed by atoms with Crippen molar-refractivity contribution in [2.45, 2.75) is 58.9 Å². The van der Waals surface area contributed by atoms with Crippen molar-refractivity contribution in [3.63, 3.8) is 0 Å². The molecular formula is C23H29N5O2S. The molecule has 164 valence electrons. The topological polar surface area (TPSA) is 117 Å². The quantitative estimate of drug-likeness (QED) is 0.579. The van der Waals surface area contributed by atoms with Crippen LogP contribution in [0.15, 0.2) is 30.3 Å². The van der Waals surface area contributed by atoms with Crippen molar-refractivity contribution in [3.8, 4) is 11.3 Å². The first-order chi connectivity index (χ1) is 14.5. The number of nitrogens with zero attached hydrogens (tertiary/aromatic N) is 3. The predicted octanol–water partition coefficient (Wildman–Crippen LogP) is 3.92. The first-order valence-corrected chi connectivity index (χ1v) is 11.0. The Morgan fingerprint density at radius 2 is 1.77 bits per heavy atom. The summed E-state index contributed by atoms with van der Waals surface area (Å²) in [4.78, 5) is 25.6. The summed E-state index contributed by atoms with van der Waals surface area (Å²) in [5.74, 6) is -0.254. The number of nitrogens with two attached hydrogens (primary N) is 2. The summed E-state index contributed by atoms with van der Waals surface area (Å²) in [5, 5.41) is 4.49. The van der Waals surface area contributed by atoms with Gasteiger partial charge in [0.05, 0.1) is 12.1 Å². The molecule has 0 radical (unpaired) electrons. The molecule has 4 N–H and O–H groups in total. The van der Waals surface area contributed by atoms with Gasteiger partial charge >= 0.3 is 0 Å². The summed E-state index contributed by atoms with van der Waals surface area (Å²) in [7, 11) is 0. The van der Waals surface area contributed by atoms with Crippen molar-refractivity contribution >= 4 is 29.0 Å². The van der Waals surface area contributed by atoms with Crippen LogP contribution in [0.4, 0.5) is 5.82 Å². The van der Waals surface area contributed by atoms with Crippen LogP contribution < -0.4 is 11.5 Å². The summed E-state index contributed by atoms with van der Waals surface area (Å²) in [6, 6.07) is 9.42. The highest BCUT2D eigenvalue weighted by Crippen LogP contribution is 2.29. The fourth-order valence-corrected chi connectivity index (χ4v) is 4.10. The second-order valence-electron chi connectivity index (χ2n) is 9.03. The first-order valence-electron chi connectivity index (χ1n) is 10.2. The Kier molecular flexibility index (Phi) is 6.31. The van der Waals surface area contributed by atoms with Crippen LogP contribution in [0.3, 0.4) is 0 Å². The van der Waals surface area contributed by atoms with Crippen LogP contribution in [0.1, 0.15) is 67.2 Å². The summed E-state index contributed by atoms with van der Waals surface area (Å²) in [5.41, 5.74) is 14.8. The number of aromatic nitrogens is 3. The number of hydrogen-bond acceptors (Lipinski definition) is 6. The second kappa shape index (κ2) is 8.63. The largest absolute Gasteiger partial charge is 0.383 e. The van der Waals surface area contributed by atoms with E-state index in [2.05, 4.69) is 30.2 Å². The highest BCUT2D eigenvalue weighted by atomic mass is 32.1. The predicted molar refractivity (Wildman–Crippen MR) is 124 cm³/mol. The van der Waals surface area contributed by atoms with Crippen LogP contribution in [0.2, 0.25) is 0 Å². The van der Waals surface area contributed by atoms with Crippen molar-refractivity contribution in [1.29, 1.82) is 0 Å². The first kappa shape index (κ1) is 22.7. The van der Waals surface area contributed by atoms with E-state index in [1.54, 1.807) is 4.68 Å². The van der Waals surface area contributed by atoms with Gasteiger partial charge in [0, 0.05) is 22.9 Å². The number of carbonyl (C=O) groups excluding carboxylic acids is 2. The standard InChI is InChI=1S/C23H29N5O2S/c1-13(2)28-21(24)19(22(25)30)20(26-28)15-8-6-14(7-9-15)10-17(29)11-16-12-18(31-27-16)23(3,4)5/h6-9,12-13H,10-11,24H2,1-5H3,(H2,25,30). The molecule has 0 aliphatic heterocycles. The normalized spacial score (nSPS) is 11.8. The van der Waals surface area contributed by atoms with Gasteiger partial charge in [-0.2, -0.15) is 9.47 Å². The molecule has 0 atom stereocenters. The van der Waals surface area contributed by atoms with Crippen LogP contribution >= 0.6 is 11.5 Å². The van der Waals surface area contributed by atoms with Crippen molar-refractivity contribution in [3.05, 3.63) is 52.0 Å². The van der Waals surface area contributed by atoms with Gasteiger partial charge in [-0.1, -0.05) is 45.0 Å². The third-order valence-corrected chi connectivity index (χ3v) is 6.24. The van der Waals surface area contributed by atoms with Gasteiger partial charge in [-0.15, -0.1) is 0 Å². The number of ketones is 1. The number of carbonyl (C=O) groups is 2. The van der Waals surface area contributed by atoms with Crippen LogP contribution in [0.5, 0.6) is 0 Å². The van der Waals surface area contributed by atoms with Crippen molar-refractivity contribution in [2.75, 3.05) is 5.73 Å². The maximum Gasteiger partial charge on any atom is 0.254 e. The van der Waals surface area contributed by atoms with Crippen molar-refractivity contribution in [1.82, 2.24) is 14.2 Å². The average molecular weight is 440 g/mol. The third kappa shape index (κ3) is 5.02. The van der Waals surface area contributed by atoms with Gasteiger partial charge in [0.2, 0.25) is 0 Å². The number of Topliss-reactive ketones (excluding diaryl/α,β-unsaturated/α-hetero) is 1. The smallest absolute Gasteiger partial charge is 0.254 e. The SMILES string of the molecule is CC(C)n1nc(-c2ccc(CC(=O)Cc3cc(C(C)(C)C)sn3)cc2)c(C(N)=O)c1N. The molecular weight excluding hydrogens is 410 g/mol. The molecule has 0 fully saturated rings. The Labute approximate surface area is 186 Å². The van der Waals surface area contributed by atoms with Gasteiger partial charge in [0.25, 0.3) is 5.91 Å².